The average Bonchev–Trinajstić information content (AvgIpc) is 2.62. The summed E-state index contributed by atoms with van der Waals surface area (Å²) in [7, 11) is -3.50. The van der Waals surface area contributed by atoms with E-state index in [4.69, 9.17) is 11.6 Å². The molecule has 0 fully saturated rings. The SMILES string of the molecule is CCCN1CCCc2cc(CCNS(=O)(=O)c3ccc(Cl)cc3)ccc21. The van der Waals surface area contributed by atoms with Crippen molar-refractivity contribution in [2.75, 3.05) is 24.5 Å². The molecule has 0 saturated heterocycles. The first-order valence-corrected chi connectivity index (χ1v) is 11.0. The highest BCUT2D eigenvalue weighted by Gasteiger charge is 2.17. The van der Waals surface area contributed by atoms with Crippen LogP contribution in [0.5, 0.6) is 0 Å². The molecule has 140 valence electrons. The fourth-order valence-corrected chi connectivity index (χ4v) is 4.57. The molecule has 1 aliphatic heterocycles. The van der Waals surface area contributed by atoms with Crippen molar-refractivity contribution in [3.63, 3.8) is 0 Å². The Hall–Kier alpha value is -1.56. The lowest BCUT2D eigenvalue weighted by Crippen LogP contribution is -2.30. The Kier molecular flexibility index (Phi) is 6.22. The predicted octanol–water partition coefficient (Wildman–Crippen LogP) is 4.02. The molecule has 0 aliphatic carbocycles. The van der Waals surface area contributed by atoms with Gasteiger partial charge in [0.2, 0.25) is 10.0 Å². The number of benzene rings is 2. The van der Waals surface area contributed by atoms with E-state index in [9.17, 15) is 8.42 Å². The van der Waals surface area contributed by atoms with Crippen LogP contribution in [0.4, 0.5) is 5.69 Å². The lowest BCUT2D eigenvalue weighted by Gasteiger charge is -2.31. The summed E-state index contributed by atoms with van der Waals surface area (Å²) in [4.78, 5) is 2.69. The Morgan fingerprint density at radius 1 is 1.15 bits per heavy atom. The average molecular weight is 393 g/mol. The molecule has 0 aromatic heterocycles. The molecule has 26 heavy (non-hydrogen) atoms. The van der Waals surface area contributed by atoms with Gasteiger partial charge in [-0.2, -0.15) is 0 Å². The van der Waals surface area contributed by atoms with Crippen molar-refractivity contribution < 1.29 is 8.42 Å². The van der Waals surface area contributed by atoms with Crippen LogP contribution in [0.25, 0.3) is 0 Å². The number of halogens is 1. The smallest absolute Gasteiger partial charge is 0.240 e. The topological polar surface area (TPSA) is 49.4 Å². The highest BCUT2D eigenvalue weighted by Crippen LogP contribution is 2.28. The van der Waals surface area contributed by atoms with E-state index in [0.717, 1.165) is 25.9 Å². The molecule has 0 atom stereocenters. The molecule has 2 aromatic carbocycles. The number of aryl methyl sites for hydroxylation is 1. The van der Waals surface area contributed by atoms with Gasteiger partial charge in [-0.25, -0.2) is 13.1 Å². The number of nitrogens with zero attached hydrogens (tertiary/aromatic N) is 1. The lowest BCUT2D eigenvalue weighted by atomic mass is 9.98. The first kappa shape index (κ1) is 19.2. The van der Waals surface area contributed by atoms with E-state index in [0.29, 0.717) is 18.0 Å². The van der Waals surface area contributed by atoms with Crippen molar-refractivity contribution in [2.24, 2.45) is 0 Å². The van der Waals surface area contributed by atoms with E-state index >= 15 is 0 Å². The van der Waals surface area contributed by atoms with Crippen LogP contribution < -0.4 is 9.62 Å². The normalized spacial score (nSPS) is 14.3. The zero-order valence-corrected chi connectivity index (χ0v) is 16.6. The molecule has 3 rings (SSSR count). The van der Waals surface area contributed by atoms with Crippen LogP contribution in [0.15, 0.2) is 47.4 Å². The predicted molar refractivity (Wildman–Crippen MR) is 108 cm³/mol. The van der Waals surface area contributed by atoms with Gasteiger partial charge >= 0.3 is 0 Å². The fraction of sp³-hybridized carbons (Fsp3) is 0.400. The number of nitrogens with one attached hydrogen (secondary N) is 1. The zero-order valence-electron chi connectivity index (χ0n) is 15.0. The van der Waals surface area contributed by atoms with Crippen LogP contribution >= 0.6 is 11.6 Å². The van der Waals surface area contributed by atoms with Crippen molar-refractivity contribution in [3.8, 4) is 0 Å². The third-order valence-electron chi connectivity index (χ3n) is 4.68. The summed E-state index contributed by atoms with van der Waals surface area (Å²) < 4.78 is 27.3. The van der Waals surface area contributed by atoms with Crippen molar-refractivity contribution in [3.05, 3.63) is 58.6 Å². The Bertz CT molecular complexity index is 851. The molecule has 4 nitrogen and oxygen atoms in total. The van der Waals surface area contributed by atoms with Crippen LogP contribution in [0.2, 0.25) is 5.02 Å². The Balaban J connectivity index is 1.62. The highest BCUT2D eigenvalue weighted by molar-refractivity contribution is 7.89. The largest absolute Gasteiger partial charge is 0.371 e. The monoisotopic (exact) mass is 392 g/mol. The molecule has 1 heterocycles. The van der Waals surface area contributed by atoms with Gasteiger partial charge in [-0.1, -0.05) is 30.7 Å². The van der Waals surface area contributed by atoms with Gasteiger partial charge < -0.3 is 4.90 Å². The quantitative estimate of drug-likeness (QED) is 0.774. The van der Waals surface area contributed by atoms with Crippen LogP contribution in [-0.4, -0.2) is 28.1 Å². The molecule has 1 N–H and O–H groups in total. The van der Waals surface area contributed by atoms with Gasteiger partial charge in [0.05, 0.1) is 4.90 Å². The first-order valence-electron chi connectivity index (χ1n) is 9.11. The molecule has 0 spiro atoms. The first-order chi connectivity index (χ1) is 12.5. The van der Waals surface area contributed by atoms with Gasteiger partial charge in [0.25, 0.3) is 0 Å². The standard InChI is InChI=1S/C20H25ClN2O2S/c1-2-13-23-14-3-4-17-15-16(5-10-20(17)23)11-12-22-26(24,25)19-8-6-18(21)7-9-19/h5-10,15,22H,2-4,11-14H2,1H3. The van der Waals surface area contributed by atoms with Gasteiger partial charge in [0.15, 0.2) is 0 Å². The zero-order chi connectivity index (χ0) is 18.6. The minimum Gasteiger partial charge on any atom is -0.371 e. The van der Waals surface area contributed by atoms with Gasteiger partial charge in [0.1, 0.15) is 0 Å². The molecule has 0 amide bonds. The van der Waals surface area contributed by atoms with Crippen molar-refractivity contribution in [1.29, 1.82) is 0 Å². The van der Waals surface area contributed by atoms with E-state index in [1.807, 2.05) is 0 Å². The Morgan fingerprint density at radius 2 is 1.92 bits per heavy atom. The third kappa shape index (κ3) is 4.58. The Morgan fingerprint density at radius 3 is 2.65 bits per heavy atom. The molecular formula is C20H25ClN2O2S. The van der Waals surface area contributed by atoms with E-state index in [2.05, 4.69) is 34.7 Å². The summed E-state index contributed by atoms with van der Waals surface area (Å²) in [6.45, 7) is 4.80. The van der Waals surface area contributed by atoms with Crippen LogP contribution in [0.3, 0.4) is 0 Å². The van der Waals surface area contributed by atoms with E-state index in [1.165, 1.54) is 35.4 Å². The number of sulfonamides is 1. The van der Waals surface area contributed by atoms with E-state index < -0.39 is 10.0 Å². The molecular weight excluding hydrogens is 368 g/mol. The maximum absolute atomic E-state index is 12.3. The van der Waals surface area contributed by atoms with Crippen LogP contribution in [-0.2, 0) is 22.9 Å². The van der Waals surface area contributed by atoms with Gasteiger partial charge in [-0.3, -0.25) is 0 Å². The second-order valence-electron chi connectivity index (χ2n) is 6.66. The molecule has 2 aromatic rings. The van der Waals surface area contributed by atoms with Crippen molar-refractivity contribution in [1.82, 2.24) is 4.72 Å². The number of hydrogen-bond acceptors (Lipinski definition) is 3. The number of hydrogen-bond donors (Lipinski definition) is 1. The fourth-order valence-electron chi connectivity index (χ4n) is 3.41. The second-order valence-corrected chi connectivity index (χ2v) is 8.86. The summed E-state index contributed by atoms with van der Waals surface area (Å²) in [6.07, 6.45) is 4.10. The summed E-state index contributed by atoms with van der Waals surface area (Å²) in [5.74, 6) is 0. The summed E-state index contributed by atoms with van der Waals surface area (Å²) in [5, 5.41) is 0.523. The summed E-state index contributed by atoms with van der Waals surface area (Å²) in [5.41, 5.74) is 3.88. The molecule has 0 saturated carbocycles. The van der Waals surface area contributed by atoms with Gasteiger partial charge in [-0.05, 0) is 67.1 Å². The van der Waals surface area contributed by atoms with Gasteiger partial charge in [-0.15, -0.1) is 0 Å². The Labute approximate surface area is 161 Å². The van der Waals surface area contributed by atoms with Gasteiger partial charge in [0, 0.05) is 30.3 Å². The minimum absolute atomic E-state index is 0.238. The van der Waals surface area contributed by atoms with Crippen molar-refractivity contribution >= 4 is 27.3 Å². The maximum atomic E-state index is 12.3. The maximum Gasteiger partial charge on any atom is 0.240 e. The van der Waals surface area contributed by atoms with Crippen molar-refractivity contribution in [2.45, 2.75) is 37.5 Å². The second kappa shape index (κ2) is 8.42. The molecule has 0 radical (unpaired) electrons. The third-order valence-corrected chi connectivity index (χ3v) is 6.41. The van der Waals surface area contributed by atoms with E-state index in [-0.39, 0.29) is 4.90 Å². The molecule has 0 bridgehead atoms. The number of anilines is 1. The van der Waals surface area contributed by atoms with Crippen LogP contribution in [0.1, 0.15) is 30.9 Å². The van der Waals surface area contributed by atoms with E-state index in [1.54, 1.807) is 12.1 Å². The van der Waals surface area contributed by atoms with Crippen LogP contribution in [0, 0.1) is 0 Å². The molecule has 0 unspecified atom stereocenters. The summed E-state index contributed by atoms with van der Waals surface area (Å²) in [6, 6.07) is 12.7. The minimum atomic E-state index is -3.50. The molecule has 1 aliphatic rings. The molecule has 6 heteroatoms. The number of rotatable bonds is 7. The lowest BCUT2D eigenvalue weighted by molar-refractivity contribution is 0.581. The number of fused-ring (bicyclic) bond motifs is 1. The highest BCUT2D eigenvalue weighted by atomic mass is 35.5. The summed E-state index contributed by atoms with van der Waals surface area (Å²) >= 11 is 5.82.